The molecule has 0 amide bonds. The third-order valence-corrected chi connectivity index (χ3v) is 3.76. The molecule has 0 aromatic heterocycles. The summed E-state index contributed by atoms with van der Waals surface area (Å²) in [6.07, 6.45) is 1.66. The van der Waals surface area contributed by atoms with E-state index in [0.717, 1.165) is 0 Å². The molecule has 1 fully saturated rings. The number of ketones is 1. The molecule has 20 heavy (non-hydrogen) atoms. The lowest BCUT2D eigenvalue weighted by Gasteiger charge is -2.29. The Hall–Kier alpha value is -1.75. The Balaban J connectivity index is 1.77. The van der Waals surface area contributed by atoms with E-state index in [-0.39, 0.29) is 17.5 Å². The molecule has 5 heteroatoms. The van der Waals surface area contributed by atoms with E-state index in [4.69, 9.17) is 5.11 Å². The van der Waals surface area contributed by atoms with Gasteiger partial charge in [0.15, 0.2) is 5.78 Å². The second-order valence-electron chi connectivity index (χ2n) is 5.13. The first kappa shape index (κ1) is 14.7. The van der Waals surface area contributed by atoms with Crippen molar-refractivity contribution in [1.82, 2.24) is 4.90 Å². The van der Waals surface area contributed by atoms with Crippen LogP contribution in [0, 0.1) is 11.7 Å². The van der Waals surface area contributed by atoms with Crippen molar-refractivity contribution in [2.45, 2.75) is 19.3 Å². The van der Waals surface area contributed by atoms with E-state index >= 15 is 0 Å². The van der Waals surface area contributed by atoms with Crippen LogP contribution < -0.4 is 0 Å². The summed E-state index contributed by atoms with van der Waals surface area (Å²) in [5.74, 6) is -1.34. The maximum Gasteiger partial charge on any atom is 0.306 e. The highest BCUT2D eigenvalue weighted by Gasteiger charge is 2.24. The number of hydrogen-bond donors (Lipinski definition) is 1. The predicted octanol–water partition coefficient (Wildman–Crippen LogP) is 2.20. The van der Waals surface area contributed by atoms with Crippen LogP contribution in [0.3, 0.4) is 0 Å². The van der Waals surface area contributed by atoms with Gasteiger partial charge in [-0.1, -0.05) is 0 Å². The fourth-order valence-electron chi connectivity index (χ4n) is 2.44. The van der Waals surface area contributed by atoms with E-state index in [1.165, 1.54) is 24.3 Å². The molecule has 1 N–H and O–H groups in total. The first-order chi connectivity index (χ1) is 9.56. The van der Waals surface area contributed by atoms with Gasteiger partial charge in [-0.25, -0.2) is 4.39 Å². The molecule has 1 aromatic rings. The smallest absolute Gasteiger partial charge is 0.306 e. The molecule has 0 radical (unpaired) electrons. The molecule has 1 aliphatic heterocycles. The molecule has 108 valence electrons. The van der Waals surface area contributed by atoms with E-state index < -0.39 is 5.97 Å². The van der Waals surface area contributed by atoms with Gasteiger partial charge in [0.2, 0.25) is 0 Å². The molecule has 0 unspecified atom stereocenters. The number of halogens is 1. The normalized spacial score (nSPS) is 17.1. The Bertz CT molecular complexity index is 478. The van der Waals surface area contributed by atoms with E-state index in [1.807, 2.05) is 0 Å². The quantitative estimate of drug-likeness (QED) is 0.839. The van der Waals surface area contributed by atoms with Gasteiger partial charge in [0.25, 0.3) is 0 Å². The predicted molar refractivity (Wildman–Crippen MR) is 72.1 cm³/mol. The molecular formula is C15H18FNO3. The number of rotatable bonds is 5. The molecule has 0 atom stereocenters. The van der Waals surface area contributed by atoms with E-state index in [1.54, 1.807) is 0 Å². The van der Waals surface area contributed by atoms with Crippen LogP contribution in [0.15, 0.2) is 24.3 Å². The zero-order valence-electron chi connectivity index (χ0n) is 11.2. The average molecular weight is 279 g/mol. The van der Waals surface area contributed by atoms with Crippen LogP contribution in [0.25, 0.3) is 0 Å². The average Bonchev–Trinajstić information content (AvgIpc) is 2.46. The molecule has 1 saturated heterocycles. The molecule has 0 aliphatic carbocycles. The summed E-state index contributed by atoms with van der Waals surface area (Å²) >= 11 is 0. The number of hydrogen-bond acceptors (Lipinski definition) is 3. The number of carboxylic acid groups (broad SMARTS) is 1. The highest BCUT2D eigenvalue weighted by Crippen LogP contribution is 2.17. The summed E-state index contributed by atoms with van der Waals surface area (Å²) in [7, 11) is 0. The molecule has 1 aromatic carbocycles. The van der Waals surface area contributed by atoms with Crippen molar-refractivity contribution in [2.75, 3.05) is 19.6 Å². The van der Waals surface area contributed by atoms with Gasteiger partial charge in [0.05, 0.1) is 5.92 Å². The number of nitrogens with zero attached hydrogens (tertiary/aromatic N) is 1. The van der Waals surface area contributed by atoms with E-state index in [2.05, 4.69) is 4.90 Å². The van der Waals surface area contributed by atoms with Crippen molar-refractivity contribution in [2.24, 2.45) is 5.92 Å². The summed E-state index contributed by atoms with van der Waals surface area (Å²) in [5, 5.41) is 8.91. The van der Waals surface area contributed by atoms with Crippen LogP contribution >= 0.6 is 0 Å². The second kappa shape index (κ2) is 6.61. The van der Waals surface area contributed by atoms with Gasteiger partial charge in [-0.3, -0.25) is 9.59 Å². The van der Waals surface area contributed by atoms with Crippen LogP contribution in [-0.4, -0.2) is 41.4 Å². The van der Waals surface area contributed by atoms with Gasteiger partial charge in [-0.05, 0) is 50.2 Å². The third-order valence-electron chi connectivity index (χ3n) is 3.76. The Morgan fingerprint density at radius 2 is 1.80 bits per heavy atom. The Morgan fingerprint density at radius 1 is 1.20 bits per heavy atom. The lowest BCUT2D eigenvalue weighted by atomic mass is 9.97. The van der Waals surface area contributed by atoms with Crippen molar-refractivity contribution in [3.05, 3.63) is 35.6 Å². The van der Waals surface area contributed by atoms with Gasteiger partial charge >= 0.3 is 5.97 Å². The molecule has 2 rings (SSSR count). The van der Waals surface area contributed by atoms with Crippen LogP contribution in [0.4, 0.5) is 4.39 Å². The molecule has 0 saturated carbocycles. The molecular weight excluding hydrogens is 261 g/mol. The van der Waals surface area contributed by atoms with Gasteiger partial charge in [-0.15, -0.1) is 0 Å². The molecule has 4 nitrogen and oxygen atoms in total. The fourth-order valence-corrected chi connectivity index (χ4v) is 2.44. The summed E-state index contributed by atoms with van der Waals surface area (Å²) in [5.41, 5.74) is 0.520. The van der Waals surface area contributed by atoms with Gasteiger partial charge in [-0.2, -0.15) is 0 Å². The molecule has 0 spiro atoms. The van der Waals surface area contributed by atoms with Crippen molar-refractivity contribution in [1.29, 1.82) is 0 Å². The lowest BCUT2D eigenvalue weighted by molar-refractivity contribution is -0.143. The summed E-state index contributed by atoms with van der Waals surface area (Å²) < 4.78 is 12.8. The van der Waals surface area contributed by atoms with Crippen LogP contribution in [0.5, 0.6) is 0 Å². The summed E-state index contributed by atoms with van der Waals surface area (Å²) in [4.78, 5) is 24.9. The Morgan fingerprint density at radius 3 is 2.35 bits per heavy atom. The standard InChI is InChI=1S/C15H18FNO3/c16-13-3-1-11(2-4-13)14(18)7-10-17-8-5-12(6-9-17)15(19)20/h1-4,12H,5-10H2,(H,19,20). The number of carbonyl (C=O) groups excluding carboxylic acids is 1. The van der Waals surface area contributed by atoms with Crippen molar-refractivity contribution in [3.8, 4) is 0 Å². The number of carbonyl (C=O) groups is 2. The highest BCUT2D eigenvalue weighted by atomic mass is 19.1. The topological polar surface area (TPSA) is 57.6 Å². The van der Waals surface area contributed by atoms with Gasteiger partial charge in [0, 0.05) is 18.5 Å². The zero-order valence-corrected chi connectivity index (χ0v) is 11.2. The first-order valence-corrected chi connectivity index (χ1v) is 6.80. The second-order valence-corrected chi connectivity index (χ2v) is 5.13. The number of aliphatic carboxylic acids is 1. The van der Waals surface area contributed by atoms with Gasteiger partial charge < -0.3 is 10.0 Å². The maximum atomic E-state index is 12.8. The number of Topliss-reactive ketones (excluding diaryl/α,β-unsaturated/α-hetero) is 1. The van der Waals surface area contributed by atoms with E-state index in [9.17, 15) is 14.0 Å². The van der Waals surface area contributed by atoms with Crippen molar-refractivity contribution < 1.29 is 19.1 Å². The number of carboxylic acids is 1. The fraction of sp³-hybridized carbons (Fsp3) is 0.467. The minimum atomic E-state index is -0.730. The Labute approximate surface area is 117 Å². The minimum Gasteiger partial charge on any atom is -0.481 e. The highest BCUT2D eigenvalue weighted by molar-refractivity contribution is 5.96. The van der Waals surface area contributed by atoms with E-state index in [0.29, 0.717) is 44.5 Å². The van der Waals surface area contributed by atoms with Crippen molar-refractivity contribution >= 4 is 11.8 Å². The van der Waals surface area contributed by atoms with Gasteiger partial charge in [0.1, 0.15) is 5.82 Å². The van der Waals surface area contributed by atoms with Crippen LogP contribution in [0.1, 0.15) is 29.6 Å². The van der Waals surface area contributed by atoms with Crippen molar-refractivity contribution in [3.63, 3.8) is 0 Å². The maximum absolute atomic E-state index is 12.8. The first-order valence-electron chi connectivity index (χ1n) is 6.80. The summed E-state index contributed by atoms with van der Waals surface area (Å²) in [6, 6.07) is 5.56. The SMILES string of the molecule is O=C(CCN1CCC(C(=O)O)CC1)c1ccc(F)cc1. The monoisotopic (exact) mass is 279 g/mol. The Kier molecular flexibility index (Phi) is 4.84. The molecule has 1 heterocycles. The third kappa shape index (κ3) is 3.87. The lowest BCUT2D eigenvalue weighted by Crippen LogP contribution is -2.37. The summed E-state index contributed by atoms with van der Waals surface area (Å²) in [6.45, 7) is 2.06. The van der Waals surface area contributed by atoms with Crippen LogP contribution in [0.2, 0.25) is 0 Å². The number of piperidine rings is 1. The molecule has 1 aliphatic rings. The zero-order chi connectivity index (χ0) is 14.5. The minimum absolute atomic E-state index is 0.00893. The van der Waals surface area contributed by atoms with Crippen LogP contribution in [-0.2, 0) is 4.79 Å². The number of likely N-dealkylation sites (tertiary alicyclic amines) is 1. The molecule has 0 bridgehead atoms. The number of benzene rings is 1. The largest absolute Gasteiger partial charge is 0.481 e.